The van der Waals surface area contributed by atoms with Gasteiger partial charge in [0.2, 0.25) is 5.91 Å². The predicted molar refractivity (Wildman–Crippen MR) is 106 cm³/mol. The van der Waals surface area contributed by atoms with E-state index in [1.807, 2.05) is 48.5 Å². The minimum atomic E-state index is -0.314. The maximum absolute atomic E-state index is 12.2. The van der Waals surface area contributed by atoms with Crippen molar-refractivity contribution in [3.05, 3.63) is 90.3 Å². The van der Waals surface area contributed by atoms with Crippen molar-refractivity contribution in [1.82, 2.24) is 15.6 Å². The Balaban J connectivity index is 1.41. The first kappa shape index (κ1) is 19.1. The van der Waals surface area contributed by atoms with Crippen LogP contribution in [0.5, 0.6) is 11.5 Å². The van der Waals surface area contributed by atoms with Crippen LogP contribution in [0, 0.1) is 0 Å². The molecule has 0 aliphatic carbocycles. The zero-order valence-corrected chi connectivity index (χ0v) is 15.3. The molecule has 0 saturated carbocycles. The normalized spacial score (nSPS) is 10.1. The largest absolute Gasteiger partial charge is 0.457 e. The van der Waals surface area contributed by atoms with E-state index in [9.17, 15) is 9.59 Å². The predicted octanol–water partition coefficient (Wildman–Crippen LogP) is 2.96. The Morgan fingerprint density at radius 3 is 2.25 bits per heavy atom. The van der Waals surface area contributed by atoms with E-state index in [-0.39, 0.29) is 18.4 Å². The lowest BCUT2D eigenvalue weighted by Gasteiger charge is -2.08. The fraction of sp³-hybridized carbons (Fsp3) is 0.136. The second kappa shape index (κ2) is 9.87. The number of aromatic nitrogens is 1. The Kier molecular flexibility index (Phi) is 6.73. The number of para-hydroxylation sites is 1. The minimum Gasteiger partial charge on any atom is -0.457 e. The molecule has 0 spiro atoms. The van der Waals surface area contributed by atoms with Crippen LogP contribution in [0.3, 0.4) is 0 Å². The van der Waals surface area contributed by atoms with E-state index in [0.29, 0.717) is 24.3 Å². The van der Waals surface area contributed by atoms with Crippen LogP contribution in [-0.2, 0) is 11.2 Å². The summed E-state index contributed by atoms with van der Waals surface area (Å²) in [7, 11) is 0. The monoisotopic (exact) mass is 375 g/mol. The molecule has 0 atom stereocenters. The second-order valence-corrected chi connectivity index (χ2v) is 6.04. The van der Waals surface area contributed by atoms with Gasteiger partial charge in [0.15, 0.2) is 0 Å². The average molecular weight is 375 g/mol. The van der Waals surface area contributed by atoms with Crippen LogP contribution in [0.1, 0.15) is 16.1 Å². The van der Waals surface area contributed by atoms with Gasteiger partial charge >= 0.3 is 0 Å². The third-order valence-electron chi connectivity index (χ3n) is 3.93. The SMILES string of the molecule is O=C(CNC(=O)c1ccc(Oc2ccccc2)cc1)NCCc1ccccn1. The van der Waals surface area contributed by atoms with Gasteiger partial charge in [0, 0.05) is 30.4 Å². The van der Waals surface area contributed by atoms with Gasteiger partial charge in [-0.25, -0.2) is 0 Å². The molecule has 1 aromatic heterocycles. The molecular formula is C22H21N3O3. The molecule has 0 saturated heterocycles. The summed E-state index contributed by atoms with van der Waals surface area (Å²) in [6.07, 6.45) is 2.36. The molecule has 0 aliphatic heterocycles. The van der Waals surface area contributed by atoms with Gasteiger partial charge in [-0.15, -0.1) is 0 Å². The molecular weight excluding hydrogens is 354 g/mol. The van der Waals surface area contributed by atoms with E-state index >= 15 is 0 Å². The van der Waals surface area contributed by atoms with Gasteiger partial charge in [-0.3, -0.25) is 14.6 Å². The first-order valence-electron chi connectivity index (χ1n) is 8.98. The van der Waals surface area contributed by atoms with Crippen LogP contribution in [0.2, 0.25) is 0 Å². The smallest absolute Gasteiger partial charge is 0.251 e. The third kappa shape index (κ3) is 5.95. The lowest BCUT2D eigenvalue weighted by atomic mass is 10.2. The van der Waals surface area contributed by atoms with Crippen molar-refractivity contribution in [3.63, 3.8) is 0 Å². The Bertz CT molecular complexity index is 897. The van der Waals surface area contributed by atoms with Gasteiger partial charge in [0.1, 0.15) is 11.5 Å². The fourth-order valence-corrected chi connectivity index (χ4v) is 2.50. The quantitative estimate of drug-likeness (QED) is 0.634. The van der Waals surface area contributed by atoms with Crippen molar-refractivity contribution in [2.75, 3.05) is 13.1 Å². The number of rotatable bonds is 8. The summed E-state index contributed by atoms with van der Waals surface area (Å²) in [6.45, 7) is 0.389. The van der Waals surface area contributed by atoms with Crippen molar-refractivity contribution in [3.8, 4) is 11.5 Å². The summed E-state index contributed by atoms with van der Waals surface area (Å²) in [4.78, 5) is 28.2. The highest BCUT2D eigenvalue weighted by Gasteiger charge is 2.08. The molecule has 0 radical (unpaired) electrons. The van der Waals surface area contributed by atoms with Crippen molar-refractivity contribution in [2.24, 2.45) is 0 Å². The summed E-state index contributed by atoms with van der Waals surface area (Å²) in [5, 5.41) is 5.37. The number of amides is 2. The molecule has 0 aliphatic rings. The number of pyridine rings is 1. The summed E-state index contributed by atoms with van der Waals surface area (Å²) < 4.78 is 5.69. The molecule has 0 unspecified atom stereocenters. The maximum Gasteiger partial charge on any atom is 0.251 e. The molecule has 142 valence electrons. The third-order valence-corrected chi connectivity index (χ3v) is 3.93. The Hall–Kier alpha value is -3.67. The number of carbonyl (C=O) groups excluding carboxylic acids is 2. The van der Waals surface area contributed by atoms with Gasteiger partial charge in [-0.2, -0.15) is 0 Å². The highest BCUT2D eigenvalue weighted by atomic mass is 16.5. The summed E-state index contributed by atoms with van der Waals surface area (Å²) in [5.41, 5.74) is 1.37. The van der Waals surface area contributed by atoms with Crippen LogP contribution in [0.4, 0.5) is 0 Å². The van der Waals surface area contributed by atoms with E-state index in [4.69, 9.17) is 4.74 Å². The molecule has 6 nitrogen and oxygen atoms in total. The molecule has 3 rings (SSSR count). The molecule has 2 aromatic carbocycles. The molecule has 28 heavy (non-hydrogen) atoms. The Morgan fingerprint density at radius 2 is 1.54 bits per heavy atom. The topological polar surface area (TPSA) is 80.3 Å². The molecule has 2 N–H and O–H groups in total. The standard InChI is InChI=1S/C22H21N3O3/c26-21(24-15-13-18-6-4-5-14-23-18)16-25-22(27)17-9-11-20(12-10-17)28-19-7-2-1-3-8-19/h1-12,14H,13,15-16H2,(H,24,26)(H,25,27). The van der Waals surface area contributed by atoms with Crippen LogP contribution in [0.25, 0.3) is 0 Å². The van der Waals surface area contributed by atoms with E-state index in [1.165, 1.54) is 0 Å². The highest BCUT2D eigenvalue weighted by molar-refractivity contribution is 5.96. The number of nitrogens with zero attached hydrogens (tertiary/aromatic N) is 1. The number of hydrogen-bond donors (Lipinski definition) is 2. The fourth-order valence-electron chi connectivity index (χ4n) is 2.50. The van der Waals surface area contributed by atoms with Gasteiger partial charge in [-0.1, -0.05) is 24.3 Å². The molecule has 1 heterocycles. The average Bonchev–Trinajstić information content (AvgIpc) is 2.74. The van der Waals surface area contributed by atoms with Crippen molar-refractivity contribution in [2.45, 2.75) is 6.42 Å². The van der Waals surface area contributed by atoms with Crippen LogP contribution >= 0.6 is 0 Å². The zero-order valence-electron chi connectivity index (χ0n) is 15.3. The number of ether oxygens (including phenoxy) is 1. The van der Waals surface area contributed by atoms with Crippen molar-refractivity contribution < 1.29 is 14.3 Å². The second-order valence-electron chi connectivity index (χ2n) is 6.04. The van der Waals surface area contributed by atoms with Gasteiger partial charge < -0.3 is 15.4 Å². The molecule has 0 bridgehead atoms. The number of hydrogen-bond acceptors (Lipinski definition) is 4. The Morgan fingerprint density at radius 1 is 0.821 bits per heavy atom. The number of nitrogens with one attached hydrogen (secondary N) is 2. The maximum atomic E-state index is 12.2. The first-order valence-corrected chi connectivity index (χ1v) is 8.98. The van der Waals surface area contributed by atoms with Gasteiger partial charge in [-0.05, 0) is 48.5 Å². The molecule has 2 amide bonds. The number of carbonyl (C=O) groups is 2. The highest BCUT2D eigenvalue weighted by Crippen LogP contribution is 2.21. The van der Waals surface area contributed by atoms with Crippen molar-refractivity contribution >= 4 is 11.8 Å². The van der Waals surface area contributed by atoms with Crippen LogP contribution < -0.4 is 15.4 Å². The molecule has 6 heteroatoms. The van der Waals surface area contributed by atoms with Crippen LogP contribution in [-0.4, -0.2) is 29.9 Å². The van der Waals surface area contributed by atoms with E-state index in [2.05, 4.69) is 15.6 Å². The lowest BCUT2D eigenvalue weighted by Crippen LogP contribution is -2.37. The minimum absolute atomic E-state index is 0.0800. The summed E-state index contributed by atoms with van der Waals surface area (Å²) in [5.74, 6) is 0.802. The Labute approximate surface area is 163 Å². The van der Waals surface area contributed by atoms with E-state index < -0.39 is 0 Å². The van der Waals surface area contributed by atoms with E-state index in [0.717, 1.165) is 11.4 Å². The van der Waals surface area contributed by atoms with Gasteiger partial charge in [0.25, 0.3) is 5.91 Å². The van der Waals surface area contributed by atoms with E-state index in [1.54, 1.807) is 30.5 Å². The number of benzene rings is 2. The van der Waals surface area contributed by atoms with Crippen molar-refractivity contribution in [1.29, 1.82) is 0 Å². The zero-order chi connectivity index (χ0) is 19.6. The van der Waals surface area contributed by atoms with Crippen LogP contribution in [0.15, 0.2) is 79.0 Å². The lowest BCUT2D eigenvalue weighted by molar-refractivity contribution is -0.120. The molecule has 3 aromatic rings. The molecule has 0 fully saturated rings. The first-order chi connectivity index (χ1) is 13.7. The summed E-state index contributed by atoms with van der Waals surface area (Å²) >= 11 is 0. The summed E-state index contributed by atoms with van der Waals surface area (Å²) in [6, 6.07) is 21.8. The van der Waals surface area contributed by atoms with Gasteiger partial charge in [0.05, 0.1) is 6.54 Å².